The molecule has 1 aromatic rings. The van der Waals surface area contributed by atoms with Crippen molar-refractivity contribution >= 4 is 17.3 Å². The van der Waals surface area contributed by atoms with E-state index in [0.29, 0.717) is 18.2 Å². The summed E-state index contributed by atoms with van der Waals surface area (Å²) in [4.78, 5) is 26.5. The van der Waals surface area contributed by atoms with Gasteiger partial charge in [0.2, 0.25) is 5.78 Å². The van der Waals surface area contributed by atoms with Gasteiger partial charge in [-0.1, -0.05) is 38.8 Å². The van der Waals surface area contributed by atoms with Crippen LogP contribution in [-0.2, 0) is 19.1 Å². The molecule has 4 aliphatic carbocycles. The highest BCUT2D eigenvalue weighted by Crippen LogP contribution is 2.69. The summed E-state index contributed by atoms with van der Waals surface area (Å²) >= 11 is 0. The summed E-state index contributed by atoms with van der Waals surface area (Å²) < 4.78 is 19.3. The number of hydrogen-bond acceptors (Lipinski definition) is 7. The Morgan fingerprint density at radius 3 is 2.68 bits per heavy atom. The van der Waals surface area contributed by atoms with Gasteiger partial charge in [0.05, 0.1) is 12.2 Å². The second kappa shape index (κ2) is 10.4. The van der Waals surface area contributed by atoms with Gasteiger partial charge in [0.15, 0.2) is 17.7 Å². The van der Waals surface area contributed by atoms with E-state index in [0.717, 1.165) is 43.4 Å². The van der Waals surface area contributed by atoms with Gasteiger partial charge < -0.3 is 24.6 Å². The molecule has 9 atom stereocenters. The molecular weight excluding hydrogens is 518 g/mol. The number of anilines is 1. The largest absolute Gasteiger partial charge is 0.486 e. The van der Waals surface area contributed by atoms with E-state index in [1.54, 1.807) is 12.2 Å². The van der Waals surface area contributed by atoms with Gasteiger partial charge >= 0.3 is 0 Å². The van der Waals surface area contributed by atoms with Crippen molar-refractivity contribution in [3.05, 3.63) is 48.1 Å². The average molecular weight is 564 g/mol. The first-order valence-corrected chi connectivity index (χ1v) is 15.5. The first kappa shape index (κ1) is 28.6. The number of fused-ring (bicyclic) bond motifs is 7. The van der Waals surface area contributed by atoms with Crippen LogP contribution in [0.3, 0.4) is 0 Å². The van der Waals surface area contributed by atoms with Crippen LogP contribution < -0.4 is 10.1 Å². The lowest BCUT2D eigenvalue weighted by Gasteiger charge is -2.59. The van der Waals surface area contributed by atoms with Crippen molar-refractivity contribution < 1.29 is 28.9 Å². The van der Waals surface area contributed by atoms with Crippen LogP contribution in [0.1, 0.15) is 73.1 Å². The molecule has 41 heavy (non-hydrogen) atoms. The molecule has 1 heterocycles. The molecule has 4 fully saturated rings. The van der Waals surface area contributed by atoms with Crippen molar-refractivity contribution in [1.29, 1.82) is 0 Å². The Bertz CT molecular complexity index is 1250. The lowest BCUT2D eigenvalue weighted by atomic mass is 9.46. The van der Waals surface area contributed by atoms with E-state index in [1.807, 2.05) is 30.3 Å². The maximum absolute atomic E-state index is 14.4. The molecule has 0 radical (unpaired) electrons. The molecular formula is C34H45NO6. The minimum absolute atomic E-state index is 0.0171. The van der Waals surface area contributed by atoms with E-state index >= 15 is 0 Å². The van der Waals surface area contributed by atoms with Crippen molar-refractivity contribution in [2.75, 3.05) is 11.9 Å². The molecule has 0 unspecified atom stereocenters. The number of aliphatic hydroxyl groups is 1. The molecule has 3 saturated carbocycles. The smallest absolute Gasteiger partial charge is 0.205 e. The van der Waals surface area contributed by atoms with Crippen LogP contribution >= 0.6 is 0 Å². The second-order valence-electron chi connectivity index (χ2n) is 13.7. The maximum atomic E-state index is 14.4. The molecule has 5 aliphatic rings. The lowest BCUT2D eigenvalue weighted by Crippen LogP contribution is -2.63. The van der Waals surface area contributed by atoms with Crippen LogP contribution in [-0.4, -0.2) is 53.4 Å². The highest BCUT2D eigenvalue weighted by molar-refractivity contribution is 6.01. The number of benzene rings is 1. The normalized spacial score (nSPS) is 40.9. The van der Waals surface area contributed by atoms with Crippen LogP contribution in [0.4, 0.5) is 5.69 Å². The number of aliphatic hydroxyl groups excluding tert-OH is 1. The number of hydrogen-bond donors (Lipinski definition) is 2. The van der Waals surface area contributed by atoms with Crippen molar-refractivity contribution in [2.45, 2.75) is 103 Å². The van der Waals surface area contributed by atoms with Gasteiger partial charge in [-0.15, -0.1) is 0 Å². The fourth-order valence-corrected chi connectivity index (χ4v) is 9.24. The summed E-state index contributed by atoms with van der Waals surface area (Å²) in [6, 6.07) is 7.99. The average Bonchev–Trinajstić information content (AvgIpc) is 3.40. The zero-order valence-corrected chi connectivity index (χ0v) is 25.0. The van der Waals surface area contributed by atoms with Crippen LogP contribution in [0.2, 0.25) is 0 Å². The monoisotopic (exact) mass is 563 g/mol. The molecule has 0 amide bonds. The topological polar surface area (TPSA) is 94.1 Å². The summed E-state index contributed by atoms with van der Waals surface area (Å²) in [5.41, 5.74) is -0.00821. The minimum Gasteiger partial charge on any atom is -0.486 e. The predicted octanol–water partition coefficient (Wildman–Crippen LogP) is 5.62. The molecule has 2 N–H and O–H groups in total. The van der Waals surface area contributed by atoms with Crippen molar-refractivity contribution in [3.63, 3.8) is 0 Å². The zero-order chi connectivity index (χ0) is 29.2. The standard InChI is InChI=1S/C34H45NO6/c1-6-7-30-40-29-17-26-25-13-8-21-16-23(36)14-15-32(21,4)31(25)27(37)18-33(26,5)34(29,41-30)28(38)19-39-24-11-9-22(10-12-24)35-20(2)3/h9-12,14-16,20,25-27,29-31,35,37H,6-8,13,17-19H2,1-5H3/t25-,26-,27-,29+,30+,31+,32-,33-,34+/m0/s1. The van der Waals surface area contributed by atoms with Crippen LogP contribution in [0.25, 0.3) is 0 Å². The number of carbonyl (C=O) groups excluding carboxylic acids is 2. The Hall–Kier alpha value is -2.48. The van der Waals surface area contributed by atoms with Crippen LogP contribution in [0.15, 0.2) is 48.1 Å². The summed E-state index contributed by atoms with van der Waals surface area (Å²) in [5, 5.41) is 15.2. The maximum Gasteiger partial charge on any atom is 0.205 e. The number of rotatable bonds is 8. The van der Waals surface area contributed by atoms with Crippen molar-refractivity contribution in [2.24, 2.45) is 28.6 Å². The van der Waals surface area contributed by atoms with Crippen molar-refractivity contribution in [1.82, 2.24) is 0 Å². The van der Waals surface area contributed by atoms with Gasteiger partial charge in [-0.05, 0) is 94.2 Å². The van der Waals surface area contributed by atoms with Gasteiger partial charge in [0.1, 0.15) is 12.4 Å². The van der Waals surface area contributed by atoms with Gasteiger partial charge in [0.25, 0.3) is 0 Å². The van der Waals surface area contributed by atoms with E-state index in [9.17, 15) is 14.7 Å². The number of Topliss-reactive ketones (excluding diaryl/α,β-unsaturated/α-hetero) is 1. The molecule has 0 bridgehead atoms. The van der Waals surface area contributed by atoms with Gasteiger partial charge in [-0.3, -0.25) is 9.59 Å². The minimum atomic E-state index is -1.17. The first-order chi connectivity index (χ1) is 19.5. The molecule has 1 aromatic carbocycles. The van der Waals surface area contributed by atoms with E-state index in [1.165, 1.54) is 0 Å². The first-order valence-electron chi connectivity index (χ1n) is 15.5. The van der Waals surface area contributed by atoms with Gasteiger partial charge in [0, 0.05) is 28.5 Å². The highest BCUT2D eigenvalue weighted by atomic mass is 16.7. The molecule has 0 spiro atoms. The number of allylic oxidation sites excluding steroid dienone is 4. The Morgan fingerprint density at radius 2 is 1.98 bits per heavy atom. The second-order valence-corrected chi connectivity index (χ2v) is 13.7. The summed E-state index contributed by atoms with van der Waals surface area (Å²) in [6.45, 7) is 10.5. The van der Waals surface area contributed by atoms with Gasteiger partial charge in [-0.2, -0.15) is 0 Å². The van der Waals surface area contributed by atoms with Crippen LogP contribution in [0, 0.1) is 28.6 Å². The molecule has 1 saturated heterocycles. The zero-order valence-electron chi connectivity index (χ0n) is 25.0. The third-order valence-electron chi connectivity index (χ3n) is 10.9. The third kappa shape index (κ3) is 4.42. The van der Waals surface area contributed by atoms with E-state index in [4.69, 9.17) is 14.2 Å². The predicted molar refractivity (Wildman–Crippen MR) is 156 cm³/mol. The Balaban J connectivity index is 1.29. The molecule has 7 heteroatoms. The summed E-state index contributed by atoms with van der Waals surface area (Å²) in [5.74, 6) is 0.881. The molecule has 1 aliphatic heterocycles. The summed E-state index contributed by atoms with van der Waals surface area (Å²) in [7, 11) is 0. The quantitative estimate of drug-likeness (QED) is 0.424. The fraction of sp³-hybridized carbons (Fsp3) is 0.647. The Morgan fingerprint density at radius 1 is 1.22 bits per heavy atom. The number of nitrogens with one attached hydrogen (secondary N) is 1. The fourth-order valence-electron chi connectivity index (χ4n) is 9.24. The van der Waals surface area contributed by atoms with E-state index in [2.05, 4.69) is 39.9 Å². The Labute approximate surface area is 243 Å². The van der Waals surface area contributed by atoms with E-state index < -0.39 is 23.4 Å². The van der Waals surface area contributed by atoms with Gasteiger partial charge in [-0.25, -0.2) is 0 Å². The number of ketones is 2. The Kier molecular flexibility index (Phi) is 7.23. The summed E-state index contributed by atoms with van der Waals surface area (Å²) in [6.07, 6.45) is 8.50. The number of ether oxygens (including phenoxy) is 3. The van der Waals surface area contributed by atoms with E-state index in [-0.39, 0.29) is 47.4 Å². The molecule has 7 nitrogen and oxygen atoms in total. The SMILES string of the molecule is CCC[C@@H]1O[C@@H]2C[C@H]3[C@@H]4CCC5=CC(=O)C=C[C@]5(C)[C@H]4[C@@H](O)C[C@]3(C)[C@]2(C(=O)COc2ccc(NC(C)C)cc2)O1. The molecule has 6 rings (SSSR count). The molecule has 0 aromatic heterocycles. The van der Waals surface area contributed by atoms with Crippen LogP contribution in [0.5, 0.6) is 5.75 Å². The van der Waals surface area contributed by atoms with Crippen molar-refractivity contribution in [3.8, 4) is 5.75 Å². The molecule has 222 valence electrons. The third-order valence-corrected chi connectivity index (χ3v) is 10.9. The lowest BCUT2D eigenvalue weighted by molar-refractivity contribution is -0.200. The highest BCUT2D eigenvalue weighted by Gasteiger charge is 2.75. The number of carbonyl (C=O) groups is 2.